The fourth-order valence-electron chi connectivity index (χ4n) is 1.09. The van der Waals surface area contributed by atoms with E-state index < -0.39 is 8.07 Å². The van der Waals surface area contributed by atoms with Gasteiger partial charge in [-0.15, -0.1) is 17.3 Å². The van der Waals surface area contributed by atoms with Crippen LogP contribution in [0.5, 0.6) is 0 Å². The van der Waals surface area contributed by atoms with E-state index in [2.05, 4.69) is 36.0 Å². The first-order chi connectivity index (χ1) is 7.46. The number of nitrogens with zero attached hydrogens (tertiary/aromatic N) is 1. The van der Waals surface area contributed by atoms with Crippen molar-refractivity contribution in [3.63, 3.8) is 0 Å². The largest absolute Gasteiger partial charge is 0.237 e. The van der Waals surface area contributed by atoms with Crippen molar-refractivity contribution in [1.82, 2.24) is 0 Å². The van der Waals surface area contributed by atoms with Gasteiger partial charge in [0.15, 0.2) is 0 Å². The third kappa shape index (κ3) is 3.77. The minimum absolute atomic E-state index is 0.656. The van der Waals surface area contributed by atoms with E-state index in [9.17, 15) is 0 Å². The third-order valence-corrected chi connectivity index (χ3v) is 3.50. The lowest BCUT2D eigenvalue weighted by Gasteiger charge is -2.04. The average Bonchev–Trinajstić information content (AvgIpc) is 2.25. The maximum Gasteiger partial charge on any atom is 0.202 e. The van der Waals surface area contributed by atoms with Gasteiger partial charge in [-0.1, -0.05) is 37.7 Å². The van der Waals surface area contributed by atoms with Crippen LogP contribution < -0.4 is 0 Å². The maximum absolute atomic E-state index is 7.11. The molecule has 0 bridgehead atoms. The number of hydrogen-bond donors (Lipinski definition) is 0. The lowest BCUT2D eigenvalue weighted by Crippen LogP contribution is -2.16. The highest BCUT2D eigenvalue weighted by atomic mass is 32.2. The van der Waals surface area contributed by atoms with Gasteiger partial charge < -0.3 is 0 Å². The first kappa shape index (κ1) is 12.9. The summed E-state index contributed by atoms with van der Waals surface area (Å²) in [7, 11) is -1.37. The molecule has 0 amide bonds. The highest BCUT2D eigenvalue weighted by Crippen LogP contribution is 2.24. The topological polar surface area (TPSA) is 4.36 Å². The Bertz CT molecular complexity index is 483. The van der Waals surface area contributed by atoms with Gasteiger partial charge in [-0.25, -0.2) is 4.85 Å². The van der Waals surface area contributed by atoms with E-state index in [0.717, 1.165) is 10.5 Å². The normalized spacial score (nSPS) is 10.2. The molecule has 0 aliphatic rings. The summed E-state index contributed by atoms with van der Waals surface area (Å²) in [6, 6.07) is 5.83. The van der Waals surface area contributed by atoms with Gasteiger partial charge in [0.1, 0.15) is 8.07 Å². The number of rotatable bonds is 1. The standard InChI is InChI=1S/C13H15NSSi/c1-14-13-7-6-12(15-2)10-11(13)8-9-16(3,4)5/h6-7,10H,2-5H3. The van der Waals surface area contributed by atoms with E-state index in [1.165, 1.54) is 0 Å². The molecular weight excluding hydrogens is 230 g/mol. The summed E-state index contributed by atoms with van der Waals surface area (Å²) in [5.41, 5.74) is 4.82. The Morgan fingerprint density at radius 3 is 2.50 bits per heavy atom. The lowest BCUT2D eigenvalue weighted by molar-refractivity contribution is 1.45. The van der Waals surface area contributed by atoms with Gasteiger partial charge >= 0.3 is 0 Å². The van der Waals surface area contributed by atoms with Crippen LogP contribution in [0.25, 0.3) is 4.85 Å². The Morgan fingerprint density at radius 2 is 2.00 bits per heavy atom. The molecule has 0 saturated heterocycles. The Balaban J connectivity index is 3.19. The Hall–Kier alpha value is -1.16. The van der Waals surface area contributed by atoms with E-state index in [-0.39, 0.29) is 0 Å². The maximum atomic E-state index is 7.11. The van der Waals surface area contributed by atoms with Crippen molar-refractivity contribution in [3.05, 3.63) is 35.2 Å². The van der Waals surface area contributed by atoms with E-state index in [0.29, 0.717) is 5.69 Å². The molecule has 16 heavy (non-hydrogen) atoms. The predicted octanol–water partition coefficient (Wildman–Crippen LogP) is 4.19. The molecule has 0 atom stereocenters. The summed E-state index contributed by atoms with van der Waals surface area (Å²) in [6.45, 7) is 13.7. The van der Waals surface area contributed by atoms with Gasteiger partial charge in [-0.05, 0) is 12.3 Å². The van der Waals surface area contributed by atoms with Gasteiger partial charge in [-0.2, -0.15) is 0 Å². The summed E-state index contributed by atoms with van der Waals surface area (Å²) < 4.78 is 0. The van der Waals surface area contributed by atoms with Crippen LogP contribution in [-0.4, -0.2) is 14.3 Å². The van der Waals surface area contributed by atoms with Gasteiger partial charge in [0.25, 0.3) is 0 Å². The van der Waals surface area contributed by atoms with Crippen molar-refractivity contribution in [3.8, 4) is 11.5 Å². The second-order valence-electron chi connectivity index (χ2n) is 4.49. The van der Waals surface area contributed by atoms with Crippen LogP contribution in [0.15, 0.2) is 23.1 Å². The van der Waals surface area contributed by atoms with Crippen LogP contribution in [0.1, 0.15) is 5.56 Å². The summed E-state index contributed by atoms with van der Waals surface area (Å²) in [6.07, 6.45) is 2.03. The zero-order valence-corrected chi connectivity index (χ0v) is 11.9. The molecule has 1 rings (SSSR count). The Morgan fingerprint density at radius 1 is 1.31 bits per heavy atom. The summed E-state index contributed by atoms with van der Waals surface area (Å²) >= 11 is 1.68. The minimum Gasteiger partial charge on any atom is -0.237 e. The van der Waals surface area contributed by atoms with E-state index in [1.807, 2.05) is 24.5 Å². The predicted molar refractivity (Wildman–Crippen MR) is 74.7 cm³/mol. The second kappa shape index (κ2) is 5.25. The molecule has 0 aliphatic heterocycles. The van der Waals surface area contributed by atoms with Gasteiger partial charge in [0, 0.05) is 10.5 Å². The quantitative estimate of drug-likeness (QED) is 0.311. The van der Waals surface area contributed by atoms with Crippen LogP contribution in [-0.2, 0) is 0 Å². The molecule has 0 spiro atoms. The molecule has 0 unspecified atom stereocenters. The van der Waals surface area contributed by atoms with Crippen molar-refractivity contribution in [1.29, 1.82) is 0 Å². The van der Waals surface area contributed by atoms with Crippen LogP contribution >= 0.6 is 11.8 Å². The van der Waals surface area contributed by atoms with E-state index >= 15 is 0 Å². The van der Waals surface area contributed by atoms with Gasteiger partial charge in [0.05, 0.1) is 6.57 Å². The minimum atomic E-state index is -1.37. The highest BCUT2D eigenvalue weighted by Gasteiger charge is 2.08. The fourth-order valence-corrected chi connectivity index (χ4v) is 2.04. The van der Waals surface area contributed by atoms with Gasteiger partial charge in [-0.3, -0.25) is 0 Å². The number of benzene rings is 1. The summed E-state index contributed by atoms with van der Waals surface area (Å²) in [5, 5.41) is 0. The summed E-state index contributed by atoms with van der Waals surface area (Å²) in [4.78, 5) is 4.66. The summed E-state index contributed by atoms with van der Waals surface area (Å²) in [5.74, 6) is 3.16. The monoisotopic (exact) mass is 245 g/mol. The average molecular weight is 245 g/mol. The SMILES string of the molecule is [C-]#[N+]c1ccc(SC)cc1C#C[Si](C)(C)C. The van der Waals surface area contributed by atoms with E-state index in [1.54, 1.807) is 11.8 Å². The van der Waals surface area contributed by atoms with Crippen LogP contribution in [0, 0.1) is 18.0 Å². The van der Waals surface area contributed by atoms with Crippen LogP contribution in [0.3, 0.4) is 0 Å². The Kier molecular flexibility index (Phi) is 4.24. The molecule has 0 fully saturated rings. The first-order valence-corrected chi connectivity index (χ1v) is 9.77. The number of thioether (sulfide) groups is 1. The smallest absolute Gasteiger partial charge is 0.202 e. The molecule has 3 heteroatoms. The Labute approximate surface area is 103 Å². The highest BCUT2D eigenvalue weighted by molar-refractivity contribution is 7.98. The molecule has 1 aromatic carbocycles. The zero-order valence-electron chi connectivity index (χ0n) is 10.1. The van der Waals surface area contributed by atoms with Crippen molar-refractivity contribution in [2.75, 3.05) is 6.26 Å². The molecule has 0 heterocycles. The third-order valence-electron chi connectivity index (χ3n) is 1.90. The molecule has 0 aliphatic carbocycles. The van der Waals surface area contributed by atoms with Gasteiger partial charge in [0.2, 0.25) is 5.69 Å². The molecular formula is C13H15NSSi. The molecule has 0 saturated carbocycles. The number of hydrogen-bond acceptors (Lipinski definition) is 1. The second-order valence-corrected chi connectivity index (χ2v) is 10.1. The van der Waals surface area contributed by atoms with Crippen LogP contribution in [0.2, 0.25) is 19.6 Å². The molecule has 1 aromatic rings. The molecule has 0 N–H and O–H groups in total. The first-order valence-electron chi connectivity index (χ1n) is 5.05. The molecule has 82 valence electrons. The molecule has 1 nitrogen and oxygen atoms in total. The molecule has 0 radical (unpaired) electrons. The molecule has 0 aromatic heterocycles. The lowest BCUT2D eigenvalue weighted by atomic mass is 10.2. The van der Waals surface area contributed by atoms with Crippen molar-refractivity contribution < 1.29 is 0 Å². The van der Waals surface area contributed by atoms with Crippen molar-refractivity contribution in [2.24, 2.45) is 0 Å². The zero-order chi connectivity index (χ0) is 12.2. The van der Waals surface area contributed by atoms with E-state index in [4.69, 9.17) is 6.57 Å². The fraction of sp³-hybridized carbons (Fsp3) is 0.308. The van der Waals surface area contributed by atoms with Crippen molar-refractivity contribution >= 4 is 25.5 Å². The van der Waals surface area contributed by atoms with Crippen LogP contribution in [0.4, 0.5) is 5.69 Å². The van der Waals surface area contributed by atoms with Crippen molar-refractivity contribution in [2.45, 2.75) is 24.5 Å².